The van der Waals surface area contributed by atoms with E-state index in [1.54, 1.807) is 7.05 Å². The summed E-state index contributed by atoms with van der Waals surface area (Å²) >= 11 is 5.44. The van der Waals surface area contributed by atoms with Gasteiger partial charge in [0.1, 0.15) is 0 Å². The van der Waals surface area contributed by atoms with E-state index in [1.165, 1.54) is 21.6 Å². The van der Waals surface area contributed by atoms with E-state index in [-0.39, 0.29) is 0 Å². The van der Waals surface area contributed by atoms with Crippen LogP contribution in [0.15, 0.2) is 48.5 Å². The molecule has 2 rings (SSSR count). The van der Waals surface area contributed by atoms with E-state index >= 15 is 0 Å². The lowest BCUT2D eigenvalue weighted by molar-refractivity contribution is 0.230. The van der Waals surface area contributed by atoms with Crippen LogP contribution < -0.4 is 5.32 Å². The molecule has 0 spiro atoms. The number of benzene rings is 2. The highest BCUT2D eigenvalue weighted by Crippen LogP contribution is 2.14. The number of carbonyl (C=O) groups excluding carboxylic acids is 1. The van der Waals surface area contributed by atoms with Crippen LogP contribution in [0.3, 0.4) is 0 Å². The third-order valence-electron chi connectivity index (χ3n) is 3.52. The maximum Gasteiger partial charge on any atom is 0.316 e. The molecule has 0 saturated heterocycles. The highest BCUT2D eigenvalue weighted by Gasteiger charge is 2.05. The fourth-order valence-corrected chi connectivity index (χ4v) is 2.45. The standard InChI is InChI=1S/C18H21ClN2O/c1-20-12-17-5-3-4-16(11-17)10-14-6-8-15(9-7-14)13-21(2)18(19)22/h3-9,11,20H,10,12-13H2,1-2H3. The van der Waals surface area contributed by atoms with E-state index in [0.717, 1.165) is 18.5 Å². The van der Waals surface area contributed by atoms with Gasteiger partial charge < -0.3 is 10.2 Å². The van der Waals surface area contributed by atoms with Crippen molar-refractivity contribution in [3.63, 3.8) is 0 Å². The molecule has 0 heterocycles. The molecular formula is C18H21ClN2O. The van der Waals surface area contributed by atoms with Crippen molar-refractivity contribution >= 4 is 17.0 Å². The lowest BCUT2D eigenvalue weighted by Crippen LogP contribution is -2.19. The molecule has 0 aliphatic rings. The molecule has 0 saturated carbocycles. The summed E-state index contributed by atoms with van der Waals surface area (Å²) in [4.78, 5) is 12.5. The summed E-state index contributed by atoms with van der Waals surface area (Å²) in [6, 6.07) is 16.9. The number of amides is 1. The van der Waals surface area contributed by atoms with Gasteiger partial charge in [0.05, 0.1) is 0 Å². The lowest BCUT2D eigenvalue weighted by atomic mass is 10.0. The number of halogens is 1. The van der Waals surface area contributed by atoms with Crippen molar-refractivity contribution in [2.24, 2.45) is 0 Å². The average Bonchev–Trinajstić information content (AvgIpc) is 2.50. The van der Waals surface area contributed by atoms with Crippen LogP contribution in [0, 0.1) is 0 Å². The summed E-state index contributed by atoms with van der Waals surface area (Å²) in [6.45, 7) is 1.41. The zero-order valence-corrected chi connectivity index (χ0v) is 13.7. The van der Waals surface area contributed by atoms with Crippen LogP contribution in [-0.2, 0) is 19.5 Å². The largest absolute Gasteiger partial charge is 0.328 e. The van der Waals surface area contributed by atoms with Crippen LogP contribution >= 0.6 is 11.6 Å². The van der Waals surface area contributed by atoms with Gasteiger partial charge in [-0.2, -0.15) is 0 Å². The number of hydrogen-bond acceptors (Lipinski definition) is 2. The molecule has 3 nitrogen and oxygen atoms in total. The van der Waals surface area contributed by atoms with Gasteiger partial charge in [-0.1, -0.05) is 48.5 Å². The fraction of sp³-hybridized carbons (Fsp3) is 0.278. The predicted molar refractivity (Wildman–Crippen MR) is 91.2 cm³/mol. The highest BCUT2D eigenvalue weighted by molar-refractivity contribution is 6.62. The summed E-state index contributed by atoms with van der Waals surface area (Å²) in [7, 11) is 3.64. The van der Waals surface area contributed by atoms with E-state index in [1.807, 2.05) is 19.2 Å². The highest BCUT2D eigenvalue weighted by atomic mass is 35.5. The van der Waals surface area contributed by atoms with Gasteiger partial charge in [0, 0.05) is 20.1 Å². The van der Waals surface area contributed by atoms with E-state index in [2.05, 4.69) is 41.7 Å². The third kappa shape index (κ3) is 4.86. The molecule has 0 bridgehead atoms. The molecule has 0 radical (unpaired) electrons. The summed E-state index contributed by atoms with van der Waals surface area (Å²) < 4.78 is 0. The monoisotopic (exact) mass is 316 g/mol. The zero-order valence-electron chi connectivity index (χ0n) is 13.0. The molecular weight excluding hydrogens is 296 g/mol. The van der Waals surface area contributed by atoms with Gasteiger partial charge in [0.15, 0.2) is 0 Å². The molecule has 116 valence electrons. The van der Waals surface area contributed by atoms with Gasteiger partial charge in [0.2, 0.25) is 0 Å². The zero-order chi connectivity index (χ0) is 15.9. The van der Waals surface area contributed by atoms with Crippen molar-refractivity contribution in [1.82, 2.24) is 10.2 Å². The number of hydrogen-bond donors (Lipinski definition) is 1. The quantitative estimate of drug-likeness (QED) is 0.649. The normalized spacial score (nSPS) is 10.5. The maximum atomic E-state index is 11.0. The number of nitrogens with zero attached hydrogens (tertiary/aromatic N) is 1. The predicted octanol–water partition coefficient (Wildman–Crippen LogP) is 3.79. The average molecular weight is 317 g/mol. The van der Waals surface area contributed by atoms with E-state index in [0.29, 0.717) is 6.54 Å². The third-order valence-corrected chi connectivity index (χ3v) is 3.81. The van der Waals surface area contributed by atoms with Gasteiger partial charge in [-0.3, -0.25) is 4.79 Å². The SMILES string of the molecule is CNCc1cccc(Cc2ccc(CN(C)C(=O)Cl)cc2)c1. The molecule has 2 aromatic carbocycles. The van der Waals surface area contributed by atoms with Crippen molar-refractivity contribution < 1.29 is 4.79 Å². The minimum Gasteiger partial charge on any atom is -0.328 e. The first kappa shape index (κ1) is 16.5. The summed E-state index contributed by atoms with van der Waals surface area (Å²) in [5.41, 5.74) is 4.92. The molecule has 1 amide bonds. The Balaban J connectivity index is 2.02. The molecule has 0 aromatic heterocycles. The summed E-state index contributed by atoms with van der Waals surface area (Å²) in [6.07, 6.45) is 0.905. The number of carbonyl (C=O) groups is 1. The Morgan fingerprint density at radius 2 is 1.68 bits per heavy atom. The number of nitrogens with one attached hydrogen (secondary N) is 1. The van der Waals surface area contributed by atoms with Crippen LogP contribution in [0.1, 0.15) is 22.3 Å². The van der Waals surface area contributed by atoms with Gasteiger partial charge in [-0.25, -0.2) is 0 Å². The Bertz CT molecular complexity index is 625. The fourth-order valence-electron chi connectivity index (χ4n) is 2.39. The Morgan fingerprint density at radius 1 is 1.05 bits per heavy atom. The van der Waals surface area contributed by atoms with Crippen molar-refractivity contribution in [2.75, 3.05) is 14.1 Å². The van der Waals surface area contributed by atoms with Gasteiger partial charge in [-0.15, -0.1) is 0 Å². The summed E-state index contributed by atoms with van der Waals surface area (Å²) in [5, 5.41) is 2.73. The first-order chi connectivity index (χ1) is 10.6. The summed E-state index contributed by atoms with van der Waals surface area (Å²) in [5.74, 6) is 0. The van der Waals surface area contributed by atoms with E-state index in [9.17, 15) is 4.79 Å². The number of rotatable bonds is 6. The van der Waals surface area contributed by atoms with Crippen LogP contribution in [0.25, 0.3) is 0 Å². The Labute approximate surface area is 136 Å². The Kier molecular flexibility index (Phi) is 5.99. The molecule has 0 aliphatic carbocycles. The molecule has 1 N–H and O–H groups in total. The Morgan fingerprint density at radius 3 is 2.32 bits per heavy atom. The lowest BCUT2D eigenvalue weighted by Gasteiger charge is -2.13. The molecule has 22 heavy (non-hydrogen) atoms. The van der Waals surface area contributed by atoms with Crippen LogP contribution in [0.4, 0.5) is 4.79 Å². The second-order valence-electron chi connectivity index (χ2n) is 5.45. The Hall–Kier alpha value is -1.84. The molecule has 4 heteroatoms. The smallest absolute Gasteiger partial charge is 0.316 e. The molecule has 0 aliphatic heterocycles. The van der Waals surface area contributed by atoms with Crippen LogP contribution in [0.5, 0.6) is 0 Å². The topological polar surface area (TPSA) is 32.3 Å². The first-order valence-electron chi connectivity index (χ1n) is 7.29. The van der Waals surface area contributed by atoms with Crippen molar-refractivity contribution in [1.29, 1.82) is 0 Å². The minimum atomic E-state index is -0.439. The second-order valence-corrected chi connectivity index (χ2v) is 5.78. The van der Waals surface area contributed by atoms with Crippen LogP contribution in [0.2, 0.25) is 0 Å². The molecule has 2 aromatic rings. The van der Waals surface area contributed by atoms with E-state index in [4.69, 9.17) is 11.6 Å². The molecule has 0 atom stereocenters. The second kappa shape index (κ2) is 7.97. The van der Waals surface area contributed by atoms with Crippen LogP contribution in [-0.4, -0.2) is 24.4 Å². The van der Waals surface area contributed by atoms with Crippen molar-refractivity contribution in [3.05, 3.63) is 70.8 Å². The minimum absolute atomic E-state index is 0.439. The van der Waals surface area contributed by atoms with Gasteiger partial charge >= 0.3 is 5.37 Å². The first-order valence-corrected chi connectivity index (χ1v) is 7.67. The van der Waals surface area contributed by atoms with E-state index < -0.39 is 5.37 Å². The van der Waals surface area contributed by atoms with Gasteiger partial charge in [-0.05, 0) is 47.3 Å². The van der Waals surface area contributed by atoms with Gasteiger partial charge in [0.25, 0.3) is 0 Å². The molecule has 0 fully saturated rings. The van der Waals surface area contributed by atoms with Crippen molar-refractivity contribution in [3.8, 4) is 0 Å². The molecule has 0 unspecified atom stereocenters. The maximum absolute atomic E-state index is 11.0. The van der Waals surface area contributed by atoms with Crippen molar-refractivity contribution in [2.45, 2.75) is 19.5 Å².